The number of benzene rings is 2. The number of aliphatic hydroxyl groups is 1. The zero-order chi connectivity index (χ0) is 23.7. The van der Waals surface area contributed by atoms with Gasteiger partial charge in [0, 0.05) is 11.9 Å². The van der Waals surface area contributed by atoms with Crippen LogP contribution in [-0.2, 0) is 23.7 Å². The molecule has 0 aliphatic carbocycles. The highest BCUT2D eigenvalue weighted by Crippen LogP contribution is 2.39. The number of pyridine rings is 1. The zero-order valence-electron chi connectivity index (χ0n) is 16.2. The first-order chi connectivity index (χ1) is 14.9. The number of aromatic nitrogens is 1. The molecule has 1 heterocycles. The number of primary amides is 1. The number of para-hydroxylation sites is 1. The number of rotatable bonds is 6. The number of aliphatic hydroxyl groups excluding tert-OH is 1. The number of alkyl halides is 6. The SMILES string of the molecule is NC(=O)C(NCc1ccccc1)C(O)c1cc(C(F)(F)F)nc2c(C(F)(F)F)cccc12. The normalized spacial score (nSPS) is 14.3. The molecule has 2 aromatic carbocycles. The summed E-state index contributed by atoms with van der Waals surface area (Å²) in [5, 5.41) is 13.0. The van der Waals surface area contributed by atoms with E-state index in [4.69, 9.17) is 5.73 Å². The van der Waals surface area contributed by atoms with Gasteiger partial charge in [-0.15, -0.1) is 0 Å². The molecule has 3 aromatic rings. The monoisotopic (exact) mass is 457 g/mol. The summed E-state index contributed by atoms with van der Waals surface area (Å²) < 4.78 is 80.4. The van der Waals surface area contributed by atoms with Crippen molar-refractivity contribution in [3.63, 3.8) is 0 Å². The van der Waals surface area contributed by atoms with Crippen molar-refractivity contribution in [2.45, 2.75) is 31.0 Å². The maximum atomic E-state index is 13.4. The molecule has 4 N–H and O–H groups in total. The second-order valence-corrected chi connectivity index (χ2v) is 6.99. The Bertz CT molecular complexity index is 1120. The van der Waals surface area contributed by atoms with Gasteiger partial charge in [-0.1, -0.05) is 42.5 Å². The molecule has 5 nitrogen and oxygen atoms in total. The maximum Gasteiger partial charge on any atom is 0.433 e. The topological polar surface area (TPSA) is 88.2 Å². The Kier molecular flexibility index (Phi) is 6.42. The van der Waals surface area contributed by atoms with Crippen LogP contribution < -0.4 is 11.1 Å². The fourth-order valence-electron chi connectivity index (χ4n) is 3.26. The molecule has 0 saturated carbocycles. The molecule has 32 heavy (non-hydrogen) atoms. The fourth-order valence-corrected chi connectivity index (χ4v) is 3.26. The van der Waals surface area contributed by atoms with Crippen molar-refractivity contribution in [1.82, 2.24) is 10.3 Å². The molecule has 0 spiro atoms. The molecule has 0 saturated heterocycles. The molecule has 1 aromatic heterocycles. The van der Waals surface area contributed by atoms with Crippen LogP contribution in [-0.4, -0.2) is 22.0 Å². The molecule has 0 bridgehead atoms. The minimum absolute atomic E-state index is 0.0223. The second-order valence-electron chi connectivity index (χ2n) is 6.99. The Morgan fingerprint density at radius 2 is 1.66 bits per heavy atom. The van der Waals surface area contributed by atoms with Gasteiger partial charge < -0.3 is 10.8 Å². The number of hydrogen-bond acceptors (Lipinski definition) is 4. The third-order valence-corrected chi connectivity index (χ3v) is 4.78. The van der Waals surface area contributed by atoms with Gasteiger partial charge in [-0.05, 0) is 23.3 Å². The van der Waals surface area contributed by atoms with Crippen molar-refractivity contribution < 1.29 is 36.2 Å². The third-order valence-electron chi connectivity index (χ3n) is 4.78. The summed E-state index contributed by atoms with van der Waals surface area (Å²) >= 11 is 0. The summed E-state index contributed by atoms with van der Waals surface area (Å²) in [7, 11) is 0. The van der Waals surface area contributed by atoms with E-state index in [2.05, 4.69) is 10.3 Å². The summed E-state index contributed by atoms with van der Waals surface area (Å²) in [5.74, 6) is -1.10. The van der Waals surface area contributed by atoms with Gasteiger partial charge in [0.2, 0.25) is 5.91 Å². The molecule has 3 rings (SSSR count). The number of nitrogens with two attached hydrogens (primary N) is 1. The summed E-state index contributed by atoms with van der Waals surface area (Å²) in [5.41, 5.74) is 1.42. The Morgan fingerprint density at radius 3 is 2.22 bits per heavy atom. The minimum Gasteiger partial charge on any atom is -0.386 e. The molecule has 170 valence electrons. The average Bonchev–Trinajstić information content (AvgIpc) is 2.71. The predicted octanol–water partition coefficient (Wildman–Crippen LogP) is 3.95. The first-order valence-corrected chi connectivity index (χ1v) is 9.22. The van der Waals surface area contributed by atoms with Gasteiger partial charge in [0.25, 0.3) is 0 Å². The summed E-state index contributed by atoms with van der Waals surface area (Å²) in [4.78, 5) is 15.1. The van der Waals surface area contributed by atoms with E-state index >= 15 is 0 Å². The summed E-state index contributed by atoms with van der Waals surface area (Å²) in [6.45, 7) is 0.0223. The highest BCUT2D eigenvalue weighted by Gasteiger charge is 2.39. The highest BCUT2D eigenvalue weighted by molar-refractivity contribution is 5.88. The van der Waals surface area contributed by atoms with E-state index in [1.807, 2.05) is 0 Å². The van der Waals surface area contributed by atoms with E-state index in [0.29, 0.717) is 17.7 Å². The largest absolute Gasteiger partial charge is 0.433 e. The molecular formula is C21H17F6N3O2. The van der Waals surface area contributed by atoms with Gasteiger partial charge in [-0.2, -0.15) is 26.3 Å². The lowest BCUT2D eigenvalue weighted by Crippen LogP contribution is -2.45. The Labute approximate surface area is 177 Å². The number of amides is 1. The van der Waals surface area contributed by atoms with Crippen molar-refractivity contribution >= 4 is 16.8 Å². The molecule has 11 heteroatoms. The van der Waals surface area contributed by atoms with Crippen LogP contribution in [0.2, 0.25) is 0 Å². The van der Waals surface area contributed by atoms with Gasteiger partial charge in [-0.25, -0.2) is 4.98 Å². The minimum atomic E-state index is -5.10. The van der Waals surface area contributed by atoms with E-state index in [1.165, 1.54) is 0 Å². The van der Waals surface area contributed by atoms with Crippen molar-refractivity contribution in [2.24, 2.45) is 5.73 Å². The van der Waals surface area contributed by atoms with Gasteiger partial charge in [0.1, 0.15) is 17.8 Å². The first kappa shape index (κ1) is 23.5. The predicted molar refractivity (Wildman–Crippen MR) is 103 cm³/mol. The van der Waals surface area contributed by atoms with Crippen molar-refractivity contribution in [1.29, 1.82) is 0 Å². The van der Waals surface area contributed by atoms with Crippen LogP contribution in [0.15, 0.2) is 54.6 Å². The van der Waals surface area contributed by atoms with Gasteiger partial charge in [0.05, 0.1) is 11.1 Å². The Hall–Kier alpha value is -3.18. The summed E-state index contributed by atoms with van der Waals surface area (Å²) in [6.07, 6.45) is -12.1. The molecule has 0 aliphatic rings. The quantitative estimate of drug-likeness (QED) is 0.489. The van der Waals surface area contributed by atoms with Gasteiger partial charge in [0.15, 0.2) is 0 Å². The Morgan fingerprint density at radius 1 is 1.00 bits per heavy atom. The number of hydrogen-bond donors (Lipinski definition) is 3. The number of halogens is 6. The lowest BCUT2D eigenvalue weighted by atomic mass is 9.95. The lowest BCUT2D eigenvalue weighted by Gasteiger charge is -2.24. The van der Waals surface area contributed by atoms with Crippen molar-refractivity contribution in [3.8, 4) is 0 Å². The standard InChI is InChI=1S/C21H17F6N3O2/c22-20(23,24)14-8-4-7-12-13(9-15(21(25,26)27)30-16(12)14)18(31)17(19(28)32)29-10-11-5-2-1-3-6-11/h1-9,17-18,29,31H,10H2,(H2,28,32). The molecule has 2 unspecified atom stereocenters. The number of carbonyl (C=O) groups excluding carboxylic acids is 1. The highest BCUT2D eigenvalue weighted by atomic mass is 19.4. The van der Waals surface area contributed by atoms with Crippen LogP contribution in [0.3, 0.4) is 0 Å². The Balaban J connectivity index is 2.13. The summed E-state index contributed by atoms with van der Waals surface area (Å²) in [6, 6.07) is 10.0. The molecule has 0 aliphatic heterocycles. The van der Waals surface area contributed by atoms with Crippen LogP contribution in [0.1, 0.15) is 28.5 Å². The average molecular weight is 457 g/mol. The lowest BCUT2D eigenvalue weighted by molar-refractivity contribution is -0.142. The molecule has 1 amide bonds. The molecular weight excluding hydrogens is 440 g/mol. The van der Waals surface area contributed by atoms with Gasteiger partial charge in [-0.3, -0.25) is 10.1 Å². The zero-order valence-corrected chi connectivity index (χ0v) is 16.2. The molecule has 0 radical (unpaired) electrons. The van der Waals surface area contributed by atoms with E-state index < -0.39 is 52.7 Å². The van der Waals surface area contributed by atoms with Gasteiger partial charge >= 0.3 is 12.4 Å². The number of carbonyl (C=O) groups is 1. The van der Waals surface area contributed by atoms with Crippen LogP contribution >= 0.6 is 0 Å². The fraction of sp³-hybridized carbons (Fsp3) is 0.238. The van der Waals surface area contributed by atoms with Crippen LogP contribution in [0.25, 0.3) is 10.9 Å². The number of nitrogens with one attached hydrogen (secondary N) is 1. The van der Waals surface area contributed by atoms with Crippen LogP contribution in [0.4, 0.5) is 26.3 Å². The van der Waals surface area contributed by atoms with Crippen molar-refractivity contribution in [3.05, 3.63) is 77.0 Å². The first-order valence-electron chi connectivity index (χ1n) is 9.22. The molecule has 2 atom stereocenters. The van der Waals surface area contributed by atoms with Crippen molar-refractivity contribution in [2.75, 3.05) is 0 Å². The molecule has 0 fully saturated rings. The van der Waals surface area contributed by atoms with Crippen LogP contribution in [0, 0.1) is 0 Å². The maximum absolute atomic E-state index is 13.4. The smallest absolute Gasteiger partial charge is 0.386 e. The van der Waals surface area contributed by atoms with E-state index in [-0.39, 0.29) is 11.9 Å². The second kappa shape index (κ2) is 8.75. The van der Waals surface area contributed by atoms with E-state index in [1.54, 1.807) is 30.3 Å². The van der Waals surface area contributed by atoms with E-state index in [0.717, 1.165) is 12.1 Å². The number of fused-ring (bicyclic) bond motifs is 1. The third kappa shape index (κ3) is 5.00. The van der Waals surface area contributed by atoms with E-state index in [9.17, 15) is 36.2 Å². The van der Waals surface area contributed by atoms with Crippen LogP contribution in [0.5, 0.6) is 0 Å². The number of nitrogens with zero attached hydrogens (tertiary/aromatic N) is 1.